The van der Waals surface area contributed by atoms with E-state index in [1.807, 2.05) is 6.08 Å². The Morgan fingerprint density at radius 3 is 1.29 bits per heavy atom. The summed E-state index contributed by atoms with van der Waals surface area (Å²) in [5.74, 6) is -1.04. The first-order valence-electron chi connectivity index (χ1n) is 23.1. The standard InChI is InChI=1S/C49H86O6/c1-4-7-10-13-16-19-21-23-24-25-26-28-30-33-36-39-42-48(51)54-45-46(44-53-47(50)41-38-35-32-29-18-15-12-9-6-3)55-49(52)43-40-37-34-31-27-22-20-17-14-11-8-5-2/h9,12,17-18,20,29,35,38,46H,4-8,10-11,13-16,19,21-28,30-34,36-37,39-45H2,1-3H3/b12-9-,20-17-,29-18-,38-35-. The van der Waals surface area contributed by atoms with Crippen LogP contribution in [0.3, 0.4) is 0 Å². The van der Waals surface area contributed by atoms with E-state index < -0.39 is 12.1 Å². The van der Waals surface area contributed by atoms with Gasteiger partial charge in [-0.2, -0.15) is 0 Å². The summed E-state index contributed by atoms with van der Waals surface area (Å²) >= 11 is 0. The highest BCUT2D eigenvalue weighted by molar-refractivity contribution is 5.72. The molecule has 0 aliphatic carbocycles. The number of allylic oxidation sites excluding steroid dienone is 7. The molecule has 0 aromatic rings. The van der Waals surface area contributed by atoms with Crippen LogP contribution in [0.2, 0.25) is 0 Å². The molecule has 0 fully saturated rings. The summed E-state index contributed by atoms with van der Waals surface area (Å²) in [6.45, 7) is 6.39. The first kappa shape index (κ1) is 52.4. The monoisotopic (exact) mass is 771 g/mol. The van der Waals surface area contributed by atoms with Crippen LogP contribution in [0.5, 0.6) is 0 Å². The lowest BCUT2D eigenvalue weighted by Crippen LogP contribution is -2.30. The molecule has 0 rings (SSSR count). The predicted molar refractivity (Wildman–Crippen MR) is 233 cm³/mol. The van der Waals surface area contributed by atoms with Crippen molar-refractivity contribution in [1.82, 2.24) is 0 Å². The maximum atomic E-state index is 12.7. The molecule has 0 amide bonds. The Morgan fingerprint density at radius 2 is 0.782 bits per heavy atom. The van der Waals surface area contributed by atoms with Crippen molar-refractivity contribution in [2.75, 3.05) is 13.2 Å². The van der Waals surface area contributed by atoms with Gasteiger partial charge in [0.15, 0.2) is 6.10 Å². The summed E-state index contributed by atoms with van der Waals surface area (Å²) in [6, 6.07) is 0. The summed E-state index contributed by atoms with van der Waals surface area (Å²) in [6.07, 6.45) is 51.3. The number of ether oxygens (including phenoxy) is 3. The molecular weight excluding hydrogens is 685 g/mol. The zero-order valence-corrected chi connectivity index (χ0v) is 36.2. The van der Waals surface area contributed by atoms with E-state index in [0.717, 1.165) is 70.6 Å². The molecule has 0 bridgehead atoms. The van der Waals surface area contributed by atoms with Crippen molar-refractivity contribution in [3.63, 3.8) is 0 Å². The highest BCUT2D eigenvalue weighted by Gasteiger charge is 2.19. The third-order valence-corrected chi connectivity index (χ3v) is 9.85. The van der Waals surface area contributed by atoms with Crippen molar-refractivity contribution in [2.45, 2.75) is 232 Å². The van der Waals surface area contributed by atoms with Crippen molar-refractivity contribution in [2.24, 2.45) is 0 Å². The van der Waals surface area contributed by atoms with Crippen molar-refractivity contribution in [3.8, 4) is 0 Å². The minimum Gasteiger partial charge on any atom is -0.462 e. The summed E-state index contributed by atoms with van der Waals surface area (Å²) in [7, 11) is 0. The second kappa shape index (κ2) is 44.1. The molecule has 6 nitrogen and oxygen atoms in total. The van der Waals surface area contributed by atoms with E-state index in [1.54, 1.807) is 6.08 Å². The van der Waals surface area contributed by atoms with E-state index >= 15 is 0 Å². The zero-order valence-electron chi connectivity index (χ0n) is 36.2. The van der Waals surface area contributed by atoms with E-state index in [4.69, 9.17) is 14.2 Å². The average molecular weight is 771 g/mol. The second-order valence-electron chi connectivity index (χ2n) is 15.3. The quantitative estimate of drug-likeness (QED) is 0.0267. The number of rotatable bonds is 41. The van der Waals surface area contributed by atoms with Crippen LogP contribution in [-0.4, -0.2) is 37.2 Å². The largest absolute Gasteiger partial charge is 0.462 e. The molecule has 0 aromatic heterocycles. The van der Waals surface area contributed by atoms with Gasteiger partial charge in [0, 0.05) is 12.8 Å². The predicted octanol–water partition coefficient (Wildman–Crippen LogP) is 14.8. The number of carbonyl (C=O) groups is 3. The third-order valence-electron chi connectivity index (χ3n) is 9.85. The Labute approximate surface area is 339 Å². The van der Waals surface area contributed by atoms with Gasteiger partial charge in [0.25, 0.3) is 0 Å². The van der Waals surface area contributed by atoms with Gasteiger partial charge in [-0.05, 0) is 57.8 Å². The van der Waals surface area contributed by atoms with Gasteiger partial charge in [-0.15, -0.1) is 0 Å². The fourth-order valence-electron chi connectivity index (χ4n) is 6.38. The molecule has 318 valence electrons. The van der Waals surface area contributed by atoms with Gasteiger partial charge in [0.1, 0.15) is 13.2 Å². The van der Waals surface area contributed by atoms with Gasteiger partial charge in [-0.25, -0.2) is 0 Å². The van der Waals surface area contributed by atoms with Crippen LogP contribution in [0.15, 0.2) is 48.6 Å². The number of carbonyl (C=O) groups excluding carboxylic acids is 3. The molecule has 0 N–H and O–H groups in total. The van der Waals surface area contributed by atoms with E-state index in [-0.39, 0.29) is 31.6 Å². The summed E-state index contributed by atoms with van der Waals surface area (Å²) < 4.78 is 16.6. The lowest BCUT2D eigenvalue weighted by Gasteiger charge is -2.18. The van der Waals surface area contributed by atoms with Crippen molar-refractivity contribution in [1.29, 1.82) is 0 Å². The molecule has 55 heavy (non-hydrogen) atoms. The molecule has 0 saturated carbocycles. The van der Waals surface area contributed by atoms with E-state index in [2.05, 4.69) is 57.2 Å². The second-order valence-corrected chi connectivity index (χ2v) is 15.3. The number of unbranched alkanes of at least 4 members (excludes halogenated alkanes) is 23. The molecule has 0 saturated heterocycles. The maximum absolute atomic E-state index is 12.7. The van der Waals surface area contributed by atoms with Crippen LogP contribution in [0.1, 0.15) is 226 Å². The van der Waals surface area contributed by atoms with Crippen LogP contribution >= 0.6 is 0 Å². The molecule has 6 heteroatoms. The minimum absolute atomic E-state index is 0.101. The van der Waals surface area contributed by atoms with Crippen LogP contribution in [-0.2, 0) is 28.6 Å². The van der Waals surface area contributed by atoms with Crippen LogP contribution in [0, 0.1) is 0 Å². The van der Waals surface area contributed by atoms with E-state index in [1.165, 1.54) is 116 Å². The summed E-state index contributed by atoms with van der Waals surface area (Å²) in [4.78, 5) is 37.6. The highest BCUT2D eigenvalue weighted by Crippen LogP contribution is 2.15. The molecular formula is C49H86O6. The van der Waals surface area contributed by atoms with Crippen molar-refractivity contribution in [3.05, 3.63) is 48.6 Å². The van der Waals surface area contributed by atoms with Crippen LogP contribution in [0.25, 0.3) is 0 Å². The Morgan fingerprint density at radius 1 is 0.400 bits per heavy atom. The van der Waals surface area contributed by atoms with Crippen LogP contribution in [0.4, 0.5) is 0 Å². The molecule has 1 atom stereocenters. The van der Waals surface area contributed by atoms with E-state index in [9.17, 15) is 14.4 Å². The lowest BCUT2D eigenvalue weighted by molar-refractivity contribution is -0.166. The summed E-state index contributed by atoms with van der Waals surface area (Å²) in [5.41, 5.74) is 0. The SMILES string of the molecule is CC/C=C\C/C=C\C/C=C\CC(=O)OCC(COC(=O)CCCCCCCCCCCCCCCCCC)OC(=O)CCCCCCC/C=C\CCCCC. The van der Waals surface area contributed by atoms with Gasteiger partial charge in [0.05, 0.1) is 6.42 Å². The molecule has 0 radical (unpaired) electrons. The smallest absolute Gasteiger partial charge is 0.309 e. The van der Waals surface area contributed by atoms with Crippen molar-refractivity contribution < 1.29 is 28.6 Å². The number of hydrogen-bond donors (Lipinski definition) is 0. The fourth-order valence-corrected chi connectivity index (χ4v) is 6.38. The first-order chi connectivity index (χ1) is 27.0. The normalized spacial score (nSPS) is 12.4. The molecule has 0 aliphatic heterocycles. The van der Waals surface area contributed by atoms with Crippen LogP contribution < -0.4 is 0 Å². The molecule has 0 heterocycles. The molecule has 0 aromatic carbocycles. The van der Waals surface area contributed by atoms with E-state index in [0.29, 0.717) is 12.8 Å². The lowest BCUT2D eigenvalue weighted by atomic mass is 10.0. The van der Waals surface area contributed by atoms with Gasteiger partial charge in [0.2, 0.25) is 0 Å². The van der Waals surface area contributed by atoms with Gasteiger partial charge in [-0.1, -0.05) is 198 Å². The molecule has 0 spiro atoms. The summed E-state index contributed by atoms with van der Waals surface area (Å²) in [5, 5.41) is 0. The Hall–Kier alpha value is -2.63. The highest BCUT2D eigenvalue weighted by atomic mass is 16.6. The first-order valence-corrected chi connectivity index (χ1v) is 23.1. The van der Waals surface area contributed by atoms with Gasteiger partial charge in [-0.3, -0.25) is 14.4 Å². The zero-order chi connectivity index (χ0) is 40.1. The van der Waals surface area contributed by atoms with Gasteiger partial charge < -0.3 is 14.2 Å². The number of esters is 3. The van der Waals surface area contributed by atoms with Crippen molar-refractivity contribution >= 4 is 17.9 Å². The molecule has 0 aliphatic rings. The maximum Gasteiger partial charge on any atom is 0.309 e. The van der Waals surface area contributed by atoms with Gasteiger partial charge >= 0.3 is 17.9 Å². The average Bonchev–Trinajstić information content (AvgIpc) is 3.18. The number of hydrogen-bond acceptors (Lipinski definition) is 6. The Kier molecular flexibility index (Phi) is 42.0. The minimum atomic E-state index is -0.807. The third kappa shape index (κ3) is 42.4. The Bertz CT molecular complexity index is 980. The Balaban J connectivity index is 4.37. The topological polar surface area (TPSA) is 78.9 Å². The molecule has 1 unspecified atom stereocenters. The fraction of sp³-hybridized carbons (Fsp3) is 0.776.